The molecule has 1 aromatic carbocycles. The van der Waals surface area contributed by atoms with E-state index in [0.29, 0.717) is 34.0 Å². The lowest BCUT2D eigenvalue weighted by atomic mass is 10.2. The van der Waals surface area contributed by atoms with Gasteiger partial charge in [-0.15, -0.1) is 0 Å². The molecule has 0 aliphatic carbocycles. The van der Waals surface area contributed by atoms with Gasteiger partial charge in [-0.1, -0.05) is 25.4 Å². The normalized spacial score (nSPS) is 16.3. The minimum absolute atomic E-state index is 0.534. The maximum absolute atomic E-state index is 6.13. The number of benzene rings is 1. The number of methoxy groups -OCH3 is 1. The van der Waals surface area contributed by atoms with Crippen LogP contribution in [-0.2, 0) is 6.67 Å². The Labute approximate surface area is 164 Å². The first-order valence-corrected chi connectivity index (χ1v) is 9.70. The number of halogens is 1. The van der Waals surface area contributed by atoms with Crippen LogP contribution in [0.5, 0.6) is 5.75 Å². The number of nitrogens with one attached hydrogen (secondary N) is 1. The minimum atomic E-state index is 0.534. The van der Waals surface area contributed by atoms with Crippen molar-refractivity contribution in [2.45, 2.75) is 20.5 Å². The van der Waals surface area contributed by atoms with Crippen LogP contribution in [-0.4, -0.2) is 64.4 Å². The van der Waals surface area contributed by atoms with Crippen molar-refractivity contribution in [1.29, 1.82) is 0 Å². The first-order chi connectivity index (χ1) is 12.5. The van der Waals surface area contributed by atoms with Crippen molar-refractivity contribution in [3.05, 3.63) is 28.0 Å². The van der Waals surface area contributed by atoms with Crippen molar-refractivity contribution in [2.75, 3.05) is 39.8 Å². The molecule has 0 amide bonds. The van der Waals surface area contributed by atoms with E-state index in [1.54, 1.807) is 13.2 Å². The van der Waals surface area contributed by atoms with Crippen LogP contribution >= 0.6 is 23.8 Å². The fourth-order valence-electron chi connectivity index (χ4n) is 3.27. The summed E-state index contributed by atoms with van der Waals surface area (Å²) in [6.07, 6.45) is 0. The van der Waals surface area contributed by atoms with Gasteiger partial charge in [0, 0.05) is 37.7 Å². The summed E-state index contributed by atoms with van der Waals surface area (Å²) < 4.78 is 7.86. The number of rotatable bonds is 6. The molecule has 1 fully saturated rings. The van der Waals surface area contributed by atoms with Gasteiger partial charge in [0.2, 0.25) is 4.77 Å². The molecule has 3 rings (SSSR count). The number of H-pyrrole nitrogens is 1. The van der Waals surface area contributed by atoms with E-state index in [9.17, 15) is 0 Å². The van der Waals surface area contributed by atoms with Crippen molar-refractivity contribution in [2.24, 2.45) is 5.92 Å². The highest BCUT2D eigenvalue weighted by Gasteiger charge is 2.19. The number of aromatic nitrogens is 3. The lowest BCUT2D eigenvalue weighted by Gasteiger charge is -2.35. The minimum Gasteiger partial charge on any atom is -0.496 e. The van der Waals surface area contributed by atoms with E-state index < -0.39 is 0 Å². The van der Waals surface area contributed by atoms with Crippen LogP contribution in [0.25, 0.3) is 11.4 Å². The predicted molar refractivity (Wildman–Crippen MR) is 107 cm³/mol. The van der Waals surface area contributed by atoms with Crippen LogP contribution in [0.4, 0.5) is 0 Å². The van der Waals surface area contributed by atoms with E-state index in [-0.39, 0.29) is 0 Å². The largest absolute Gasteiger partial charge is 0.496 e. The highest BCUT2D eigenvalue weighted by Crippen LogP contribution is 2.30. The second-order valence-electron chi connectivity index (χ2n) is 7.08. The zero-order valence-electron chi connectivity index (χ0n) is 15.5. The Morgan fingerprint density at radius 1 is 1.23 bits per heavy atom. The van der Waals surface area contributed by atoms with Crippen molar-refractivity contribution in [3.8, 4) is 17.1 Å². The summed E-state index contributed by atoms with van der Waals surface area (Å²) in [6.45, 7) is 10.7. The summed E-state index contributed by atoms with van der Waals surface area (Å²) in [5, 5.41) is 3.93. The summed E-state index contributed by atoms with van der Waals surface area (Å²) in [7, 11) is 1.63. The van der Waals surface area contributed by atoms with Gasteiger partial charge in [-0.2, -0.15) is 4.98 Å². The molecule has 1 aliphatic heterocycles. The van der Waals surface area contributed by atoms with E-state index in [1.807, 2.05) is 16.8 Å². The third-order valence-electron chi connectivity index (χ3n) is 4.53. The average Bonchev–Trinajstić information content (AvgIpc) is 2.97. The molecule has 0 saturated carbocycles. The van der Waals surface area contributed by atoms with Gasteiger partial charge in [-0.05, 0) is 36.3 Å². The van der Waals surface area contributed by atoms with Gasteiger partial charge in [0.05, 0.1) is 19.3 Å². The molecule has 142 valence electrons. The molecule has 0 spiro atoms. The number of nitrogens with zero attached hydrogens (tertiary/aromatic N) is 4. The summed E-state index contributed by atoms with van der Waals surface area (Å²) in [6, 6.07) is 5.47. The van der Waals surface area contributed by atoms with Crippen molar-refractivity contribution < 1.29 is 4.74 Å². The number of hydrogen-bond donors (Lipinski definition) is 1. The maximum Gasteiger partial charge on any atom is 0.217 e. The Balaban J connectivity index is 1.70. The fraction of sp³-hybridized carbons (Fsp3) is 0.556. The Kier molecular flexibility index (Phi) is 6.34. The predicted octanol–water partition coefficient (Wildman–Crippen LogP) is 3.50. The fourth-order valence-corrected chi connectivity index (χ4v) is 3.63. The number of aromatic amines is 1. The van der Waals surface area contributed by atoms with Gasteiger partial charge in [-0.3, -0.25) is 10.00 Å². The van der Waals surface area contributed by atoms with Crippen molar-refractivity contribution >= 4 is 23.8 Å². The molecule has 6 nitrogen and oxygen atoms in total. The molecule has 2 aromatic rings. The van der Waals surface area contributed by atoms with Crippen LogP contribution in [0.3, 0.4) is 0 Å². The molecule has 1 saturated heterocycles. The summed E-state index contributed by atoms with van der Waals surface area (Å²) in [5.74, 6) is 2.10. The molecule has 8 heteroatoms. The second-order valence-corrected chi connectivity index (χ2v) is 7.88. The molecule has 0 radical (unpaired) electrons. The zero-order valence-corrected chi connectivity index (χ0v) is 17.1. The SMILES string of the molecule is COc1ccc(Cl)cc1-c1nc(=S)n(CN2CCN(CC(C)C)CC2)[nH]1. The second kappa shape index (κ2) is 8.52. The summed E-state index contributed by atoms with van der Waals surface area (Å²) in [5.41, 5.74) is 0.812. The number of ether oxygens (including phenoxy) is 1. The highest BCUT2D eigenvalue weighted by molar-refractivity contribution is 7.71. The molecule has 0 bridgehead atoms. The Morgan fingerprint density at radius 2 is 1.92 bits per heavy atom. The molecular weight excluding hydrogens is 370 g/mol. The Hall–Kier alpha value is -1.41. The van der Waals surface area contributed by atoms with E-state index in [0.717, 1.165) is 38.3 Å². The molecule has 26 heavy (non-hydrogen) atoms. The summed E-state index contributed by atoms with van der Waals surface area (Å²) in [4.78, 5) is 9.41. The van der Waals surface area contributed by atoms with E-state index in [2.05, 4.69) is 33.7 Å². The standard InChI is InChI=1S/C18H26ClN5OS/c1-13(2)11-22-6-8-23(9-7-22)12-24-18(26)20-17(21-24)15-10-14(19)4-5-16(15)25-3/h4-5,10,13H,6-9,11-12H2,1-3H3,(H,20,21,26). The molecule has 0 unspecified atom stereocenters. The first-order valence-electron chi connectivity index (χ1n) is 8.91. The van der Waals surface area contributed by atoms with Crippen LogP contribution in [0, 0.1) is 10.7 Å². The topological polar surface area (TPSA) is 49.3 Å². The van der Waals surface area contributed by atoms with E-state index in [4.69, 9.17) is 28.6 Å². The third-order valence-corrected chi connectivity index (χ3v) is 5.07. The van der Waals surface area contributed by atoms with E-state index in [1.165, 1.54) is 0 Å². The van der Waals surface area contributed by atoms with Crippen LogP contribution in [0.15, 0.2) is 18.2 Å². The van der Waals surface area contributed by atoms with E-state index >= 15 is 0 Å². The average molecular weight is 396 g/mol. The molecule has 1 aliphatic rings. The maximum atomic E-state index is 6.13. The van der Waals surface area contributed by atoms with Crippen molar-refractivity contribution in [3.63, 3.8) is 0 Å². The Morgan fingerprint density at radius 3 is 2.58 bits per heavy atom. The lowest BCUT2D eigenvalue weighted by molar-refractivity contribution is 0.0951. The molecule has 2 heterocycles. The van der Waals surface area contributed by atoms with Crippen molar-refractivity contribution in [1.82, 2.24) is 24.6 Å². The number of piperazine rings is 1. The molecule has 1 N–H and O–H groups in total. The number of hydrogen-bond acceptors (Lipinski definition) is 5. The van der Waals surface area contributed by atoms with Gasteiger partial charge in [0.1, 0.15) is 5.75 Å². The summed E-state index contributed by atoms with van der Waals surface area (Å²) >= 11 is 11.6. The smallest absolute Gasteiger partial charge is 0.217 e. The molecule has 0 atom stereocenters. The monoisotopic (exact) mass is 395 g/mol. The quantitative estimate of drug-likeness (QED) is 0.758. The van der Waals surface area contributed by atoms with Gasteiger partial charge in [-0.25, -0.2) is 4.68 Å². The lowest BCUT2D eigenvalue weighted by Crippen LogP contribution is -2.47. The first kappa shape index (κ1) is 19.4. The van der Waals surface area contributed by atoms with Gasteiger partial charge < -0.3 is 9.64 Å². The molecule has 1 aromatic heterocycles. The van der Waals surface area contributed by atoms with Gasteiger partial charge in [0.15, 0.2) is 5.82 Å². The highest BCUT2D eigenvalue weighted by atomic mass is 35.5. The zero-order chi connectivity index (χ0) is 18.7. The third kappa shape index (κ3) is 4.65. The van der Waals surface area contributed by atoms with Gasteiger partial charge >= 0.3 is 0 Å². The van der Waals surface area contributed by atoms with Crippen LogP contribution < -0.4 is 4.74 Å². The van der Waals surface area contributed by atoms with Crippen LogP contribution in [0.2, 0.25) is 5.02 Å². The Bertz CT molecular complexity index is 795. The van der Waals surface area contributed by atoms with Gasteiger partial charge in [0.25, 0.3) is 0 Å². The van der Waals surface area contributed by atoms with Crippen LogP contribution in [0.1, 0.15) is 13.8 Å². The molecular formula is C18H26ClN5OS.